The van der Waals surface area contributed by atoms with Gasteiger partial charge < -0.3 is 0 Å². The average Bonchev–Trinajstić information content (AvgIpc) is 2.38. The van der Waals surface area contributed by atoms with E-state index in [1.54, 1.807) is 0 Å². The summed E-state index contributed by atoms with van der Waals surface area (Å²) in [7, 11) is 0. The maximum absolute atomic E-state index is 3.00. The van der Waals surface area contributed by atoms with Gasteiger partial charge in [-0.2, -0.15) is 0 Å². The van der Waals surface area contributed by atoms with Crippen molar-refractivity contribution < 1.29 is 0 Å². The summed E-state index contributed by atoms with van der Waals surface area (Å²) in [6.07, 6.45) is 13.1. The van der Waals surface area contributed by atoms with E-state index in [4.69, 9.17) is 0 Å². The molecule has 1 fully saturated rings. The van der Waals surface area contributed by atoms with Crippen LogP contribution < -0.4 is 0 Å². The topological polar surface area (TPSA) is 0 Å². The second-order valence-electron chi connectivity index (χ2n) is 3.47. The first kappa shape index (κ1) is 20.2. The van der Waals surface area contributed by atoms with Crippen molar-refractivity contribution >= 4 is 0 Å². The van der Waals surface area contributed by atoms with E-state index in [1.807, 2.05) is 13.8 Å². The van der Waals surface area contributed by atoms with Gasteiger partial charge in [-0.25, -0.2) is 0 Å². The Morgan fingerprint density at radius 2 is 0.867 bits per heavy atom. The van der Waals surface area contributed by atoms with Crippen LogP contribution in [0, 0.1) is 0 Å². The molecule has 0 atom stereocenters. The highest BCUT2D eigenvalue weighted by Gasteiger charge is 1.95. The van der Waals surface area contributed by atoms with Crippen molar-refractivity contribution in [3.63, 3.8) is 0 Å². The van der Waals surface area contributed by atoms with E-state index in [-0.39, 0.29) is 0 Å². The van der Waals surface area contributed by atoms with Crippen LogP contribution in [0.3, 0.4) is 0 Å². The van der Waals surface area contributed by atoms with Gasteiger partial charge in [0.05, 0.1) is 0 Å². The molecule has 0 aromatic carbocycles. The van der Waals surface area contributed by atoms with Gasteiger partial charge in [0, 0.05) is 0 Å². The minimum absolute atomic E-state index is 1.34. The summed E-state index contributed by atoms with van der Waals surface area (Å²) in [5.41, 5.74) is 0. The molecule has 0 heteroatoms. The number of unbranched alkanes of at least 4 members (excludes halogenated alkanes) is 2. The molecule has 1 saturated carbocycles. The van der Waals surface area contributed by atoms with Crippen molar-refractivity contribution in [1.29, 1.82) is 0 Å². The molecule has 0 saturated heterocycles. The summed E-state index contributed by atoms with van der Waals surface area (Å²) in [4.78, 5) is 0. The SMILES string of the molecule is C1CCCCC1.C=C.CC.CCCCC. The molecule has 0 N–H and O–H groups in total. The van der Waals surface area contributed by atoms with Crippen molar-refractivity contribution in [3.05, 3.63) is 13.2 Å². The van der Waals surface area contributed by atoms with E-state index in [0.29, 0.717) is 0 Å². The Hall–Kier alpha value is -0.260. The monoisotopic (exact) mass is 214 g/mol. The molecule has 1 rings (SSSR count). The van der Waals surface area contributed by atoms with Crippen molar-refractivity contribution in [3.8, 4) is 0 Å². The summed E-state index contributed by atoms with van der Waals surface area (Å²) in [5.74, 6) is 0. The summed E-state index contributed by atoms with van der Waals surface area (Å²) in [6, 6.07) is 0. The van der Waals surface area contributed by atoms with Gasteiger partial charge in [0.15, 0.2) is 0 Å². The maximum Gasteiger partial charge on any atom is -0.0533 e. The van der Waals surface area contributed by atoms with E-state index in [2.05, 4.69) is 27.0 Å². The van der Waals surface area contributed by atoms with Gasteiger partial charge >= 0.3 is 0 Å². The third-order valence-electron chi connectivity index (χ3n) is 2.21. The Bertz CT molecular complexity index is 48.9. The van der Waals surface area contributed by atoms with Crippen LogP contribution >= 0.6 is 0 Å². The first-order valence-corrected chi connectivity index (χ1v) is 6.91. The Morgan fingerprint density at radius 3 is 0.933 bits per heavy atom. The predicted molar refractivity (Wildman–Crippen MR) is 75.5 cm³/mol. The van der Waals surface area contributed by atoms with Crippen LogP contribution in [0.2, 0.25) is 0 Å². The third kappa shape index (κ3) is 31.6. The van der Waals surface area contributed by atoms with Gasteiger partial charge in [0.1, 0.15) is 0 Å². The molecule has 94 valence electrons. The fourth-order valence-electron chi connectivity index (χ4n) is 1.41. The standard InChI is InChI=1S/C6H12.C5H12.C2H6.C2H4/c1-2-4-6-5-3-1;1-3-5-4-2;2*1-2/h1-6H2;3-5H2,1-2H3;1-2H3;1-2H2. The highest BCUT2D eigenvalue weighted by atomic mass is 14.0. The molecule has 0 radical (unpaired) electrons. The number of hydrogen-bond acceptors (Lipinski definition) is 0. The molecule has 0 amide bonds. The Labute approximate surface area is 99.2 Å². The third-order valence-corrected chi connectivity index (χ3v) is 2.21. The molecule has 0 bridgehead atoms. The molecular formula is C15H34. The number of hydrogen-bond donors (Lipinski definition) is 0. The molecule has 0 aliphatic heterocycles. The van der Waals surface area contributed by atoms with E-state index >= 15 is 0 Å². The Morgan fingerprint density at radius 1 is 0.667 bits per heavy atom. The van der Waals surface area contributed by atoms with Crippen LogP contribution in [0.5, 0.6) is 0 Å². The van der Waals surface area contributed by atoms with E-state index in [9.17, 15) is 0 Å². The van der Waals surface area contributed by atoms with Crippen LogP contribution in [0.25, 0.3) is 0 Å². The summed E-state index contributed by atoms with van der Waals surface area (Å²) < 4.78 is 0. The first-order valence-electron chi connectivity index (χ1n) is 6.91. The van der Waals surface area contributed by atoms with Crippen molar-refractivity contribution in [2.75, 3.05) is 0 Å². The lowest BCUT2D eigenvalue weighted by Crippen LogP contribution is -1.85. The van der Waals surface area contributed by atoms with Gasteiger partial charge in [-0.3, -0.25) is 0 Å². The largest absolute Gasteiger partial charge is 0.106 e. The molecule has 0 nitrogen and oxygen atoms in total. The summed E-state index contributed by atoms with van der Waals surface area (Å²) in [6.45, 7) is 14.4. The first-order chi connectivity index (χ1) is 7.41. The minimum Gasteiger partial charge on any atom is -0.106 e. The second kappa shape index (κ2) is 29.2. The molecule has 0 heterocycles. The Balaban J connectivity index is -0.000000146. The van der Waals surface area contributed by atoms with E-state index in [0.717, 1.165) is 0 Å². The maximum atomic E-state index is 3.00. The molecular weight excluding hydrogens is 180 g/mol. The zero-order valence-electron chi connectivity index (χ0n) is 11.8. The lowest BCUT2D eigenvalue weighted by molar-refractivity contribution is 0.504. The van der Waals surface area contributed by atoms with E-state index < -0.39 is 0 Å². The highest BCUT2D eigenvalue weighted by molar-refractivity contribution is 4.51. The van der Waals surface area contributed by atoms with Crippen LogP contribution in [0.15, 0.2) is 13.2 Å². The lowest BCUT2D eigenvalue weighted by atomic mass is 10.0. The molecule has 0 aromatic heterocycles. The van der Waals surface area contributed by atoms with Crippen LogP contribution in [0.4, 0.5) is 0 Å². The van der Waals surface area contributed by atoms with Gasteiger partial charge in [-0.1, -0.05) is 85.5 Å². The normalized spacial score (nSPS) is 13.1. The smallest absolute Gasteiger partial charge is 0.0533 e. The summed E-state index contributed by atoms with van der Waals surface area (Å²) in [5, 5.41) is 0. The second-order valence-corrected chi connectivity index (χ2v) is 3.47. The van der Waals surface area contributed by atoms with Crippen molar-refractivity contribution in [1.82, 2.24) is 0 Å². The molecule has 0 aromatic rings. The predicted octanol–water partition coefficient (Wildman–Crippen LogP) is 6.37. The molecule has 0 unspecified atom stereocenters. The van der Waals surface area contributed by atoms with Crippen molar-refractivity contribution in [2.24, 2.45) is 0 Å². The zero-order valence-corrected chi connectivity index (χ0v) is 11.8. The minimum atomic E-state index is 1.34. The fraction of sp³-hybridized carbons (Fsp3) is 0.867. The van der Waals surface area contributed by atoms with E-state index in [1.165, 1.54) is 57.8 Å². The van der Waals surface area contributed by atoms with Gasteiger partial charge in [-0.15, -0.1) is 13.2 Å². The Kier molecular flexibility index (Phi) is 39.3. The molecule has 1 aliphatic carbocycles. The van der Waals surface area contributed by atoms with Crippen molar-refractivity contribution in [2.45, 2.75) is 85.5 Å². The average molecular weight is 214 g/mol. The lowest BCUT2D eigenvalue weighted by Gasteiger charge is -2.05. The van der Waals surface area contributed by atoms with Gasteiger partial charge in [0.25, 0.3) is 0 Å². The fourth-order valence-corrected chi connectivity index (χ4v) is 1.41. The number of rotatable bonds is 2. The zero-order chi connectivity index (χ0) is 12.4. The van der Waals surface area contributed by atoms with Gasteiger partial charge in [0.2, 0.25) is 0 Å². The quantitative estimate of drug-likeness (QED) is 0.469. The van der Waals surface area contributed by atoms with Crippen LogP contribution in [-0.2, 0) is 0 Å². The molecule has 0 spiro atoms. The molecule has 15 heavy (non-hydrogen) atoms. The van der Waals surface area contributed by atoms with Crippen LogP contribution in [-0.4, -0.2) is 0 Å². The highest BCUT2D eigenvalue weighted by Crippen LogP contribution is 2.15. The molecule has 1 aliphatic rings. The van der Waals surface area contributed by atoms with Crippen LogP contribution in [0.1, 0.15) is 85.5 Å². The van der Waals surface area contributed by atoms with Gasteiger partial charge in [-0.05, 0) is 0 Å². The summed E-state index contributed by atoms with van der Waals surface area (Å²) >= 11 is 0.